The monoisotopic (exact) mass is 434 g/mol. The van der Waals surface area contributed by atoms with Crippen molar-refractivity contribution in [2.45, 2.75) is 43.7 Å². The average Bonchev–Trinajstić information content (AvgIpc) is 3.47. The molecule has 5 rings (SSSR count). The fourth-order valence-corrected chi connectivity index (χ4v) is 5.69. The molecular weight excluding hydrogens is 408 g/mol. The molecule has 7 nitrogen and oxygen atoms in total. The van der Waals surface area contributed by atoms with E-state index in [1.165, 1.54) is 11.1 Å². The van der Waals surface area contributed by atoms with E-state index in [0.717, 1.165) is 24.0 Å². The fourth-order valence-electron chi connectivity index (χ4n) is 5.69. The van der Waals surface area contributed by atoms with Crippen molar-refractivity contribution in [2.24, 2.45) is 5.92 Å². The Morgan fingerprint density at radius 3 is 2.28 bits per heavy atom. The summed E-state index contributed by atoms with van der Waals surface area (Å²) in [6.07, 6.45) is 1.73. The number of nitrogens with one attached hydrogen (secondary N) is 1. The van der Waals surface area contributed by atoms with E-state index in [-0.39, 0.29) is 43.5 Å². The number of rotatable bonds is 6. The quantitative estimate of drug-likeness (QED) is 0.727. The van der Waals surface area contributed by atoms with Crippen molar-refractivity contribution in [1.82, 2.24) is 10.2 Å². The minimum atomic E-state index is -0.827. The summed E-state index contributed by atoms with van der Waals surface area (Å²) in [5, 5.41) is 12.0. The van der Waals surface area contributed by atoms with Gasteiger partial charge in [0.25, 0.3) is 0 Å². The van der Waals surface area contributed by atoms with Gasteiger partial charge >= 0.3 is 12.1 Å². The van der Waals surface area contributed by atoms with Crippen molar-refractivity contribution < 1.29 is 24.2 Å². The molecule has 0 spiro atoms. The van der Waals surface area contributed by atoms with Gasteiger partial charge < -0.3 is 20.1 Å². The standard InChI is InChI=1S/C25H26N2O5/c28-23(27-15-9-10-22(27)20(13-15)24(29)30)11-12-26-25(31)32-14-21-18-7-3-1-5-16(18)17-6-2-4-8-19(17)21/h1-8,15,20-22H,9-14H2,(H,26,31)(H,29,30)/t15-,20+,22+/m1/s1. The SMILES string of the molecule is O=C(NCCC(=O)N1[C@@H]2CC[C@H]1[C@@H](C(=O)O)C2)OCC1c2ccccc2-c2ccccc21. The highest BCUT2D eigenvalue weighted by molar-refractivity contribution is 5.81. The second-order valence-electron chi connectivity index (χ2n) is 8.78. The second-order valence-corrected chi connectivity index (χ2v) is 8.78. The smallest absolute Gasteiger partial charge is 0.407 e. The third-order valence-electron chi connectivity index (χ3n) is 7.09. The van der Waals surface area contributed by atoms with Gasteiger partial charge in [0.15, 0.2) is 0 Å². The Bertz CT molecular complexity index is 1020. The van der Waals surface area contributed by atoms with Gasteiger partial charge in [-0.25, -0.2) is 4.79 Å². The molecule has 32 heavy (non-hydrogen) atoms. The van der Waals surface area contributed by atoms with Crippen molar-refractivity contribution in [3.8, 4) is 11.1 Å². The van der Waals surface area contributed by atoms with Crippen LogP contribution in [-0.4, -0.2) is 53.2 Å². The predicted molar refractivity (Wildman–Crippen MR) is 117 cm³/mol. The summed E-state index contributed by atoms with van der Waals surface area (Å²) in [4.78, 5) is 38.0. The molecular formula is C25H26N2O5. The van der Waals surface area contributed by atoms with Gasteiger partial charge in [-0.1, -0.05) is 48.5 Å². The fraction of sp³-hybridized carbons (Fsp3) is 0.400. The van der Waals surface area contributed by atoms with E-state index in [2.05, 4.69) is 29.6 Å². The van der Waals surface area contributed by atoms with Crippen LogP contribution in [0.25, 0.3) is 11.1 Å². The van der Waals surface area contributed by atoms with Crippen LogP contribution in [0.4, 0.5) is 4.79 Å². The number of carboxylic acids is 1. The summed E-state index contributed by atoms with van der Waals surface area (Å²) >= 11 is 0. The van der Waals surface area contributed by atoms with Crippen LogP contribution in [0.3, 0.4) is 0 Å². The van der Waals surface area contributed by atoms with E-state index in [9.17, 15) is 19.5 Å². The highest BCUT2D eigenvalue weighted by Gasteiger charge is 2.50. The molecule has 3 atom stereocenters. The van der Waals surface area contributed by atoms with E-state index in [0.29, 0.717) is 6.42 Å². The molecule has 2 N–H and O–H groups in total. The third-order valence-corrected chi connectivity index (χ3v) is 7.09. The lowest BCUT2D eigenvalue weighted by molar-refractivity contribution is -0.143. The molecule has 2 saturated heterocycles. The molecule has 2 amide bonds. The van der Waals surface area contributed by atoms with Gasteiger partial charge in [0.05, 0.1) is 5.92 Å². The van der Waals surface area contributed by atoms with Crippen LogP contribution in [0.15, 0.2) is 48.5 Å². The van der Waals surface area contributed by atoms with Crippen LogP contribution >= 0.6 is 0 Å². The Kier molecular flexibility index (Phi) is 5.33. The number of ether oxygens (including phenoxy) is 1. The highest BCUT2D eigenvalue weighted by Crippen LogP contribution is 2.44. The van der Waals surface area contributed by atoms with Crippen LogP contribution in [0.1, 0.15) is 42.7 Å². The molecule has 0 radical (unpaired) electrons. The Morgan fingerprint density at radius 1 is 1.00 bits per heavy atom. The molecule has 2 heterocycles. The van der Waals surface area contributed by atoms with Gasteiger partial charge in [0, 0.05) is 31.0 Å². The lowest BCUT2D eigenvalue weighted by atomic mass is 9.89. The lowest BCUT2D eigenvalue weighted by Gasteiger charge is -2.23. The van der Waals surface area contributed by atoms with Crippen LogP contribution in [0, 0.1) is 5.92 Å². The summed E-state index contributed by atoms with van der Waals surface area (Å²) in [7, 11) is 0. The van der Waals surface area contributed by atoms with Gasteiger partial charge in [0.1, 0.15) is 6.61 Å². The molecule has 2 aromatic rings. The average molecular weight is 434 g/mol. The predicted octanol–water partition coefficient (Wildman–Crippen LogP) is 3.38. The van der Waals surface area contributed by atoms with E-state index in [1.807, 2.05) is 24.3 Å². The number of fused-ring (bicyclic) bond motifs is 5. The molecule has 0 aromatic heterocycles. The number of alkyl carbamates (subject to hydrolysis) is 1. The summed E-state index contributed by atoms with van der Waals surface area (Å²) < 4.78 is 5.50. The number of aliphatic carboxylic acids is 1. The van der Waals surface area contributed by atoms with Crippen molar-refractivity contribution in [1.29, 1.82) is 0 Å². The number of carbonyl (C=O) groups excluding carboxylic acids is 2. The maximum Gasteiger partial charge on any atom is 0.407 e. The number of carboxylic acid groups (broad SMARTS) is 1. The van der Waals surface area contributed by atoms with Gasteiger partial charge in [-0.05, 0) is 41.5 Å². The van der Waals surface area contributed by atoms with E-state index < -0.39 is 18.0 Å². The van der Waals surface area contributed by atoms with Crippen molar-refractivity contribution in [3.05, 3.63) is 59.7 Å². The zero-order chi connectivity index (χ0) is 22.2. The summed E-state index contributed by atoms with van der Waals surface area (Å²) in [5.41, 5.74) is 4.63. The molecule has 2 aliphatic heterocycles. The molecule has 7 heteroatoms. The molecule has 1 aliphatic carbocycles. The Hall–Kier alpha value is -3.35. The number of benzene rings is 2. The first-order chi connectivity index (χ1) is 15.5. The topological polar surface area (TPSA) is 95.9 Å². The van der Waals surface area contributed by atoms with E-state index in [4.69, 9.17) is 4.74 Å². The Balaban J connectivity index is 1.13. The summed E-state index contributed by atoms with van der Waals surface area (Å²) in [5.74, 6) is -1.40. The zero-order valence-electron chi connectivity index (χ0n) is 17.7. The second kappa shape index (κ2) is 8.30. The minimum absolute atomic E-state index is 0.0111. The minimum Gasteiger partial charge on any atom is -0.481 e. The van der Waals surface area contributed by atoms with Crippen molar-refractivity contribution in [3.63, 3.8) is 0 Å². The molecule has 0 saturated carbocycles. The molecule has 0 unspecified atom stereocenters. The first-order valence-corrected chi connectivity index (χ1v) is 11.2. The first kappa shape index (κ1) is 20.5. The molecule has 166 valence electrons. The van der Waals surface area contributed by atoms with Crippen LogP contribution in [0.2, 0.25) is 0 Å². The lowest BCUT2D eigenvalue weighted by Crippen LogP contribution is -2.39. The molecule has 2 fully saturated rings. The molecule has 2 aromatic carbocycles. The first-order valence-electron chi connectivity index (χ1n) is 11.2. The Labute approximate surface area is 186 Å². The van der Waals surface area contributed by atoms with Crippen LogP contribution in [0.5, 0.6) is 0 Å². The number of amides is 2. The van der Waals surface area contributed by atoms with Gasteiger partial charge in [-0.15, -0.1) is 0 Å². The maximum atomic E-state index is 12.6. The highest BCUT2D eigenvalue weighted by atomic mass is 16.5. The number of nitrogens with zero attached hydrogens (tertiary/aromatic N) is 1. The molecule has 3 aliphatic rings. The Morgan fingerprint density at radius 2 is 1.66 bits per heavy atom. The number of hydrogen-bond donors (Lipinski definition) is 2. The maximum absolute atomic E-state index is 12.6. The number of hydrogen-bond acceptors (Lipinski definition) is 4. The van der Waals surface area contributed by atoms with Gasteiger partial charge in [-0.2, -0.15) is 0 Å². The van der Waals surface area contributed by atoms with E-state index in [1.54, 1.807) is 4.90 Å². The third kappa shape index (κ3) is 3.51. The van der Waals surface area contributed by atoms with E-state index >= 15 is 0 Å². The summed E-state index contributed by atoms with van der Waals surface area (Å²) in [6, 6.07) is 16.1. The van der Waals surface area contributed by atoms with Crippen molar-refractivity contribution >= 4 is 18.0 Å². The largest absolute Gasteiger partial charge is 0.481 e. The van der Waals surface area contributed by atoms with Gasteiger partial charge in [-0.3, -0.25) is 9.59 Å². The summed E-state index contributed by atoms with van der Waals surface area (Å²) in [6.45, 7) is 0.396. The number of carbonyl (C=O) groups is 3. The van der Waals surface area contributed by atoms with Crippen molar-refractivity contribution in [2.75, 3.05) is 13.2 Å². The zero-order valence-corrected chi connectivity index (χ0v) is 17.7. The van der Waals surface area contributed by atoms with Gasteiger partial charge in [0.2, 0.25) is 5.91 Å². The van der Waals surface area contributed by atoms with Crippen LogP contribution in [-0.2, 0) is 14.3 Å². The molecule has 2 bridgehead atoms. The normalized spacial score (nSPS) is 23.0. The van der Waals surface area contributed by atoms with Crippen LogP contribution < -0.4 is 5.32 Å².